The molecule has 0 spiro atoms. The zero-order valence-corrected chi connectivity index (χ0v) is 15.0. The molecule has 2 aromatic rings. The van der Waals surface area contributed by atoms with E-state index in [1.54, 1.807) is 0 Å². The van der Waals surface area contributed by atoms with Crippen molar-refractivity contribution in [1.82, 2.24) is 4.98 Å². The Morgan fingerprint density at radius 2 is 2.08 bits per heavy atom. The van der Waals surface area contributed by atoms with Crippen molar-refractivity contribution in [3.63, 3.8) is 0 Å². The molecule has 0 amide bonds. The molecule has 3 aliphatic carbocycles. The van der Waals surface area contributed by atoms with Gasteiger partial charge in [0.1, 0.15) is 5.52 Å². The Kier molecular flexibility index (Phi) is 3.41. The summed E-state index contributed by atoms with van der Waals surface area (Å²) in [5, 5.41) is 0. The molecule has 6 heteroatoms. The smallest absolute Gasteiger partial charge is 0.236 e. The highest BCUT2D eigenvalue weighted by Crippen LogP contribution is 2.56. The molecule has 1 saturated carbocycles. The Balaban J connectivity index is 1.69. The Hall–Kier alpha value is -2.02. The van der Waals surface area contributed by atoms with Gasteiger partial charge < -0.3 is 18.6 Å². The average Bonchev–Trinajstić information content (AvgIpc) is 3.29. The van der Waals surface area contributed by atoms with Gasteiger partial charge >= 0.3 is 0 Å². The standard InChI is InChI=1S/C20H21NO5/c1-10-4-5-15-14(8-10)21-19(26-15)12-9-13-17-11(6-7-25-17)16(12)20(23-2,24-3)18(13)22/h4-5,8-9,11,13,16-17H,6-7H2,1-3H3/t11-,13-,16+,17-/m1/s1. The molecule has 2 bridgehead atoms. The van der Waals surface area contributed by atoms with Crippen molar-refractivity contribution in [3.05, 3.63) is 35.7 Å². The molecular formula is C20H21NO5. The fraction of sp³-hybridized carbons (Fsp3) is 0.500. The second-order valence-electron chi connectivity index (χ2n) is 7.34. The Morgan fingerprint density at radius 3 is 2.85 bits per heavy atom. The van der Waals surface area contributed by atoms with E-state index in [1.807, 2.05) is 31.2 Å². The van der Waals surface area contributed by atoms with Crippen LogP contribution in [0.2, 0.25) is 0 Å². The van der Waals surface area contributed by atoms with E-state index in [-0.39, 0.29) is 23.7 Å². The summed E-state index contributed by atoms with van der Waals surface area (Å²) < 4.78 is 23.3. The van der Waals surface area contributed by atoms with Crippen LogP contribution in [0.4, 0.5) is 0 Å². The van der Waals surface area contributed by atoms with Gasteiger partial charge in [-0.15, -0.1) is 0 Å². The van der Waals surface area contributed by atoms with Gasteiger partial charge in [-0.25, -0.2) is 4.98 Å². The zero-order valence-electron chi connectivity index (χ0n) is 15.0. The maximum atomic E-state index is 13.1. The predicted octanol–water partition coefficient (Wildman–Crippen LogP) is 2.74. The molecule has 26 heavy (non-hydrogen) atoms. The number of Topliss-reactive ketones (excluding diaryl/α,β-unsaturated/α-hetero) is 1. The fourth-order valence-electron chi connectivity index (χ4n) is 4.98. The van der Waals surface area contributed by atoms with Gasteiger partial charge in [0.05, 0.1) is 17.9 Å². The van der Waals surface area contributed by atoms with Crippen LogP contribution in [0.5, 0.6) is 0 Å². The molecule has 6 rings (SSSR count). The number of methoxy groups -OCH3 is 2. The number of rotatable bonds is 3. The molecule has 2 fully saturated rings. The third kappa shape index (κ3) is 1.92. The largest absolute Gasteiger partial charge is 0.436 e. The van der Waals surface area contributed by atoms with Crippen molar-refractivity contribution in [1.29, 1.82) is 0 Å². The number of carbonyl (C=O) groups is 1. The van der Waals surface area contributed by atoms with E-state index >= 15 is 0 Å². The quantitative estimate of drug-likeness (QED) is 0.789. The van der Waals surface area contributed by atoms with Crippen LogP contribution >= 0.6 is 0 Å². The number of aromatic nitrogens is 1. The molecule has 0 unspecified atom stereocenters. The molecule has 1 saturated heterocycles. The number of ketones is 1. The van der Waals surface area contributed by atoms with Crippen molar-refractivity contribution in [3.8, 4) is 0 Å². The number of hydrogen-bond acceptors (Lipinski definition) is 6. The van der Waals surface area contributed by atoms with E-state index in [9.17, 15) is 4.79 Å². The first-order chi connectivity index (χ1) is 12.6. The minimum Gasteiger partial charge on any atom is -0.436 e. The molecule has 4 aliphatic rings. The lowest BCUT2D eigenvalue weighted by molar-refractivity contribution is -0.248. The summed E-state index contributed by atoms with van der Waals surface area (Å²) in [6.45, 7) is 2.67. The Morgan fingerprint density at radius 1 is 1.27 bits per heavy atom. The maximum absolute atomic E-state index is 13.1. The molecule has 2 heterocycles. The van der Waals surface area contributed by atoms with E-state index in [1.165, 1.54) is 14.2 Å². The molecule has 0 N–H and O–H groups in total. The van der Waals surface area contributed by atoms with E-state index in [0.717, 1.165) is 28.7 Å². The normalized spacial score (nSPS) is 32.1. The van der Waals surface area contributed by atoms with Crippen molar-refractivity contribution in [2.24, 2.45) is 17.8 Å². The number of fused-ring (bicyclic) bond motifs is 2. The van der Waals surface area contributed by atoms with Crippen LogP contribution in [0, 0.1) is 24.7 Å². The van der Waals surface area contributed by atoms with Crippen LogP contribution in [0.3, 0.4) is 0 Å². The number of hydrogen-bond donors (Lipinski definition) is 0. The molecular weight excluding hydrogens is 334 g/mol. The highest BCUT2D eigenvalue weighted by atomic mass is 16.7. The molecule has 1 aromatic heterocycles. The van der Waals surface area contributed by atoms with Crippen LogP contribution in [0.1, 0.15) is 17.9 Å². The Labute approximate surface area is 151 Å². The SMILES string of the molecule is COC1(OC)C(=O)[C@@H]2C=C(c3nc4cc(C)ccc4o3)[C@@H]1[C@H]1CCO[C@H]12. The van der Waals surface area contributed by atoms with Gasteiger partial charge in [0, 0.05) is 32.3 Å². The van der Waals surface area contributed by atoms with Crippen LogP contribution < -0.4 is 0 Å². The summed E-state index contributed by atoms with van der Waals surface area (Å²) >= 11 is 0. The third-order valence-electron chi connectivity index (χ3n) is 6.11. The molecule has 1 aliphatic heterocycles. The third-order valence-corrected chi connectivity index (χ3v) is 6.11. The van der Waals surface area contributed by atoms with Gasteiger partial charge in [0.25, 0.3) is 0 Å². The minimum absolute atomic E-state index is 0.0774. The highest BCUT2D eigenvalue weighted by molar-refractivity contribution is 5.98. The van der Waals surface area contributed by atoms with Gasteiger partial charge in [-0.05, 0) is 31.0 Å². The Bertz CT molecular complexity index is 925. The maximum Gasteiger partial charge on any atom is 0.236 e. The van der Waals surface area contributed by atoms with Gasteiger partial charge in [-0.2, -0.15) is 0 Å². The summed E-state index contributed by atoms with van der Waals surface area (Å²) in [5.74, 6) is -1.39. The summed E-state index contributed by atoms with van der Waals surface area (Å²) in [6, 6.07) is 5.92. The fourth-order valence-corrected chi connectivity index (χ4v) is 4.98. The number of oxazole rings is 1. The average molecular weight is 355 g/mol. The molecule has 136 valence electrons. The number of aryl methyl sites for hydroxylation is 1. The first kappa shape index (κ1) is 16.2. The first-order valence-electron chi connectivity index (χ1n) is 8.94. The van der Waals surface area contributed by atoms with Crippen molar-refractivity contribution in [2.75, 3.05) is 20.8 Å². The van der Waals surface area contributed by atoms with Crippen LogP contribution in [-0.4, -0.2) is 43.5 Å². The van der Waals surface area contributed by atoms with Gasteiger partial charge in [0.15, 0.2) is 5.58 Å². The van der Waals surface area contributed by atoms with E-state index in [4.69, 9.17) is 23.6 Å². The molecule has 1 aromatic carbocycles. The van der Waals surface area contributed by atoms with Crippen LogP contribution in [0.15, 0.2) is 28.7 Å². The summed E-state index contributed by atoms with van der Waals surface area (Å²) in [6.07, 6.45) is 2.71. The summed E-state index contributed by atoms with van der Waals surface area (Å²) in [5.41, 5.74) is 3.56. The lowest BCUT2D eigenvalue weighted by atomic mass is 9.59. The van der Waals surface area contributed by atoms with Gasteiger partial charge in [-0.3, -0.25) is 4.79 Å². The lowest BCUT2D eigenvalue weighted by Gasteiger charge is -2.51. The zero-order chi connectivity index (χ0) is 18.1. The minimum atomic E-state index is -1.31. The van der Waals surface area contributed by atoms with Crippen molar-refractivity contribution < 1.29 is 23.4 Å². The number of nitrogens with zero attached hydrogens (tertiary/aromatic N) is 1. The lowest BCUT2D eigenvalue weighted by Crippen LogP contribution is -2.64. The van der Waals surface area contributed by atoms with Gasteiger partial charge in [0.2, 0.25) is 17.5 Å². The number of benzene rings is 1. The molecule has 6 nitrogen and oxygen atoms in total. The molecule has 0 radical (unpaired) electrons. The van der Waals surface area contributed by atoms with Crippen molar-refractivity contribution in [2.45, 2.75) is 25.2 Å². The summed E-state index contributed by atoms with van der Waals surface area (Å²) in [4.78, 5) is 17.8. The second kappa shape index (κ2) is 5.49. The van der Waals surface area contributed by atoms with Crippen molar-refractivity contribution >= 4 is 22.5 Å². The van der Waals surface area contributed by atoms with E-state index in [0.29, 0.717) is 12.5 Å². The second-order valence-corrected chi connectivity index (χ2v) is 7.34. The van der Waals surface area contributed by atoms with Crippen LogP contribution in [-0.2, 0) is 19.0 Å². The number of carbonyl (C=O) groups excluding carboxylic acids is 1. The highest BCUT2D eigenvalue weighted by Gasteiger charge is 2.66. The summed E-state index contributed by atoms with van der Waals surface area (Å²) in [7, 11) is 3.06. The van der Waals surface area contributed by atoms with E-state index in [2.05, 4.69) is 0 Å². The first-order valence-corrected chi connectivity index (χ1v) is 8.94. The monoisotopic (exact) mass is 355 g/mol. The topological polar surface area (TPSA) is 70.8 Å². The molecule has 4 atom stereocenters. The predicted molar refractivity (Wildman–Crippen MR) is 93.3 cm³/mol. The van der Waals surface area contributed by atoms with Crippen LogP contribution in [0.25, 0.3) is 16.7 Å². The number of ether oxygens (including phenoxy) is 3. The van der Waals surface area contributed by atoms with Gasteiger partial charge in [-0.1, -0.05) is 12.1 Å². The van der Waals surface area contributed by atoms with E-state index < -0.39 is 11.7 Å².